The van der Waals surface area contributed by atoms with Crippen molar-refractivity contribution in [3.8, 4) is 0 Å². The summed E-state index contributed by atoms with van der Waals surface area (Å²) in [7, 11) is 0. The van der Waals surface area contributed by atoms with Crippen molar-refractivity contribution in [1.29, 1.82) is 0 Å². The van der Waals surface area contributed by atoms with Crippen LogP contribution in [0.4, 0.5) is 0 Å². The van der Waals surface area contributed by atoms with Crippen LogP contribution in [0.1, 0.15) is 18.2 Å². The van der Waals surface area contributed by atoms with Crippen LogP contribution < -0.4 is 5.32 Å². The molecule has 0 radical (unpaired) electrons. The van der Waals surface area contributed by atoms with E-state index in [9.17, 15) is 9.59 Å². The van der Waals surface area contributed by atoms with Crippen LogP contribution >= 0.6 is 27.3 Å². The van der Waals surface area contributed by atoms with Crippen LogP contribution in [0.25, 0.3) is 5.57 Å². The highest BCUT2D eigenvalue weighted by Gasteiger charge is 2.26. The smallest absolute Gasteiger partial charge is 0.254 e. The molecule has 15 heavy (non-hydrogen) atoms. The maximum atomic E-state index is 11.4. The molecule has 1 aliphatic heterocycles. The van der Waals surface area contributed by atoms with Gasteiger partial charge in [-0.15, -0.1) is 11.3 Å². The SMILES string of the molecule is CC(=C1CC(=O)NC1=O)c1cc(Br)cs1. The van der Waals surface area contributed by atoms with Gasteiger partial charge in [-0.2, -0.15) is 0 Å². The highest BCUT2D eigenvalue weighted by atomic mass is 79.9. The molecule has 0 aromatic carbocycles. The Bertz CT molecular complexity index is 476. The third-order valence-electron chi connectivity index (χ3n) is 2.25. The minimum Gasteiger partial charge on any atom is -0.292 e. The fraction of sp³-hybridized carbons (Fsp3) is 0.200. The highest BCUT2D eigenvalue weighted by Crippen LogP contribution is 2.30. The molecule has 1 N–H and O–H groups in total. The van der Waals surface area contributed by atoms with Gasteiger partial charge in [0.15, 0.2) is 0 Å². The maximum absolute atomic E-state index is 11.4. The average molecular weight is 286 g/mol. The van der Waals surface area contributed by atoms with E-state index in [1.165, 1.54) is 0 Å². The zero-order valence-corrected chi connectivity index (χ0v) is 10.4. The van der Waals surface area contributed by atoms with Gasteiger partial charge in [0.05, 0.1) is 6.42 Å². The van der Waals surface area contributed by atoms with E-state index in [1.807, 2.05) is 18.4 Å². The summed E-state index contributed by atoms with van der Waals surface area (Å²) in [5, 5.41) is 4.23. The fourth-order valence-corrected chi connectivity index (χ4v) is 2.91. The minimum absolute atomic E-state index is 0.195. The molecular weight excluding hydrogens is 278 g/mol. The van der Waals surface area contributed by atoms with Gasteiger partial charge in [-0.05, 0) is 34.5 Å². The highest BCUT2D eigenvalue weighted by molar-refractivity contribution is 9.10. The molecule has 0 bridgehead atoms. The summed E-state index contributed by atoms with van der Waals surface area (Å²) >= 11 is 4.91. The number of rotatable bonds is 1. The Morgan fingerprint density at radius 1 is 1.53 bits per heavy atom. The lowest BCUT2D eigenvalue weighted by Gasteiger charge is -1.99. The number of hydrogen-bond donors (Lipinski definition) is 1. The largest absolute Gasteiger partial charge is 0.292 e. The summed E-state index contributed by atoms with van der Waals surface area (Å²) in [6, 6.07) is 1.95. The molecule has 0 atom stereocenters. The van der Waals surface area contributed by atoms with E-state index >= 15 is 0 Å². The van der Waals surface area contributed by atoms with Crippen LogP contribution in [0.5, 0.6) is 0 Å². The van der Waals surface area contributed by atoms with E-state index in [0.29, 0.717) is 5.57 Å². The number of hydrogen-bond acceptors (Lipinski definition) is 3. The van der Waals surface area contributed by atoms with Crippen LogP contribution in [-0.4, -0.2) is 11.8 Å². The molecule has 0 spiro atoms. The fourth-order valence-electron chi connectivity index (χ4n) is 1.45. The number of allylic oxidation sites excluding steroid dienone is 1. The summed E-state index contributed by atoms with van der Waals surface area (Å²) in [6.45, 7) is 1.87. The quantitative estimate of drug-likeness (QED) is 0.636. The zero-order chi connectivity index (χ0) is 11.0. The molecule has 1 aromatic heterocycles. The van der Waals surface area contributed by atoms with E-state index in [1.54, 1.807) is 11.3 Å². The monoisotopic (exact) mass is 285 g/mol. The van der Waals surface area contributed by atoms with Crippen molar-refractivity contribution in [3.05, 3.63) is 26.4 Å². The lowest BCUT2D eigenvalue weighted by atomic mass is 10.1. The molecular formula is C10H8BrNO2S. The Balaban J connectivity index is 2.41. The molecule has 1 fully saturated rings. The number of carbonyl (C=O) groups excluding carboxylic acids is 2. The van der Waals surface area contributed by atoms with Crippen molar-refractivity contribution in [2.24, 2.45) is 0 Å². The molecule has 0 unspecified atom stereocenters. The molecule has 5 heteroatoms. The third-order valence-corrected chi connectivity index (χ3v) is 4.06. The van der Waals surface area contributed by atoms with Crippen LogP contribution in [-0.2, 0) is 9.59 Å². The Morgan fingerprint density at radius 2 is 2.27 bits per heavy atom. The average Bonchev–Trinajstić information content (AvgIpc) is 2.71. The molecule has 78 valence electrons. The van der Waals surface area contributed by atoms with Crippen LogP contribution in [0.3, 0.4) is 0 Å². The molecule has 0 aliphatic carbocycles. The van der Waals surface area contributed by atoms with Crippen LogP contribution in [0.2, 0.25) is 0 Å². The zero-order valence-electron chi connectivity index (χ0n) is 7.96. The predicted octanol–water partition coefficient (Wildman–Crippen LogP) is 2.33. The van der Waals surface area contributed by atoms with Crippen LogP contribution in [0, 0.1) is 0 Å². The molecule has 0 saturated carbocycles. The van der Waals surface area contributed by atoms with Crippen molar-refractivity contribution in [2.75, 3.05) is 0 Å². The Kier molecular flexibility index (Phi) is 2.75. The van der Waals surface area contributed by atoms with Crippen molar-refractivity contribution >= 4 is 44.7 Å². The summed E-state index contributed by atoms with van der Waals surface area (Å²) in [6.07, 6.45) is 0.195. The number of amides is 2. The van der Waals surface area contributed by atoms with E-state index < -0.39 is 0 Å². The van der Waals surface area contributed by atoms with E-state index in [-0.39, 0.29) is 18.2 Å². The lowest BCUT2D eigenvalue weighted by Crippen LogP contribution is -2.19. The number of nitrogens with one attached hydrogen (secondary N) is 1. The van der Waals surface area contributed by atoms with Gasteiger partial charge in [0.2, 0.25) is 5.91 Å². The summed E-state index contributed by atoms with van der Waals surface area (Å²) in [5.41, 5.74) is 1.46. The first-order chi connectivity index (χ1) is 7.08. The Morgan fingerprint density at radius 3 is 2.73 bits per heavy atom. The van der Waals surface area contributed by atoms with Crippen LogP contribution in [0.15, 0.2) is 21.5 Å². The summed E-state index contributed by atoms with van der Waals surface area (Å²) < 4.78 is 0.993. The van der Waals surface area contributed by atoms with Gasteiger partial charge < -0.3 is 0 Å². The molecule has 1 aliphatic rings. The second kappa shape index (κ2) is 3.90. The molecule has 1 aromatic rings. The topological polar surface area (TPSA) is 46.2 Å². The van der Waals surface area contributed by atoms with E-state index in [0.717, 1.165) is 14.9 Å². The molecule has 2 rings (SSSR count). The van der Waals surface area contributed by atoms with Gasteiger partial charge in [-0.25, -0.2) is 0 Å². The number of halogens is 1. The first-order valence-corrected chi connectivity index (χ1v) is 6.03. The number of thiophene rings is 1. The third kappa shape index (κ3) is 2.03. The van der Waals surface area contributed by atoms with Gasteiger partial charge in [0.25, 0.3) is 5.91 Å². The minimum atomic E-state index is -0.262. The van der Waals surface area contributed by atoms with Gasteiger partial charge in [-0.3, -0.25) is 14.9 Å². The maximum Gasteiger partial charge on any atom is 0.254 e. The molecule has 3 nitrogen and oxygen atoms in total. The number of imide groups is 1. The molecule has 1 saturated heterocycles. The van der Waals surface area contributed by atoms with Crippen molar-refractivity contribution in [2.45, 2.75) is 13.3 Å². The first-order valence-electron chi connectivity index (χ1n) is 4.36. The van der Waals surface area contributed by atoms with Gasteiger partial charge in [-0.1, -0.05) is 0 Å². The van der Waals surface area contributed by atoms with Crippen molar-refractivity contribution < 1.29 is 9.59 Å². The van der Waals surface area contributed by atoms with Gasteiger partial charge in [0.1, 0.15) is 0 Å². The van der Waals surface area contributed by atoms with Crippen molar-refractivity contribution in [3.63, 3.8) is 0 Å². The second-order valence-electron chi connectivity index (χ2n) is 3.29. The standard InChI is InChI=1S/C10H8BrNO2S/c1-5(8-2-6(11)4-15-8)7-3-9(13)12-10(7)14/h2,4H,3H2,1H3,(H,12,13,14). The summed E-state index contributed by atoms with van der Waals surface area (Å²) in [4.78, 5) is 23.5. The Hall–Kier alpha value is -0.940. The predicted molar refractivity (Wildman–Crippen MR) is 62.4 cm³/mol. The molecule has 2 amide bonds. The van der Waals surface area contributed by atoms with Gasteiger partial charge in [0, 0.05) is 20.3 Å². The second-order valence-corrected chi connectivity index (χ2v) is 5.11. The first kappa shape index (κ1) is 10.6. The summed E-state index contributed by atoms with van der Waals surface area (Å²) in [5.74, 6) is -0.480. The lowest BCUT2D eigenvalue weighted by molar-refractivity contribution is -0.124. The molecule has 2 heterocycles. The van der Waals surface area contributed by atoms with E-state index in [2.05, 4.69) is 21.2 Å². The van der Waals surface area contributed by atoms with Crippen molar-refractivity contribution in [1.82, 2.24) is 5.32 Å². The van der Waals surface area contributed by atoms with E-state index in [4.69, 9.17) is 0 Å². The normalized spacial score (nSPS) is 19.3. The Labute approximate surface area is 99.3 Å². The van der Waals surface area contributed by atoms with Gasteiger partial charge >= 0.3 is 0 Å². The number of carbonyl (C=O) groups is 2.